The number of ether oxygens (including phenoxy) is 1. The maximum Gasteiger partial charge on any atom is 0.343 e. The standard InChI is InChI=1S/C24H18ClNO2/c1-16-6-7-20(12-17(16)2)24(27)28-23-5-3-4-18(14-23)13-21(15-26)19-8-10-22(25)11-9-19/h3-14H,1-2H3/b21-13-. The highest BCUT2D eigenvalue weighted by Crippen LogP contribution is 2.23. The number of nitriles is 1. The van der Waals surface area contributed by atoms with Gasteiger partial charge in [-0.3, -0.25) is 0 Å². The van der Waals surface area contributed by atoms with Gasteiger partial charge < -0.3 is 4.74 Å². The first-order valence-electron chi connectivity index (χ1n) is 8.73. The molecule has 0 unspecified atom stereocenters. The first-order chi connectivity index (χ1) is 13.5. The van der Waals surface area contributed by atoms with Crippen molar-refractivity contribution in [2.75, 3.05) is 0 Å². The number of hydrogen-bond acceptors (Lipinski definition) is 3. The molecule has 0 radical (unpaired) electrons. The number of hydrogen-bond donors (Lipinski definition) is 0. The molecule has 0 saturated heterocycles. The molecule has 0 N–H and O–H groups in total. The lowest BCUT2D eigenvalue weighted by Crippen LogP contribution is -2.09. The normalized spacial score (nSPS) is 11.0. The molecule has 28 heavy (non-hydrogen) atoms. The first kappa shape index (κ1) is 19.4. The van der Waals surface area contributed by atoms with Gasteiger partial charge in [0.15, 0.2) is 0 Å². The van der Waals surface area contributed by atoms with E-state index in [4.69, 9.17) is 16.3 Å². The van der Waals surface area contributed by atoms with Gasteiger partial charge in [-0.2, -0.15) is 5.26 Å². The Morgan fingerprint density at radius 1 is 0.964 bits per heavy atom. The zero-order valence-corrected chi connectivity index (χ0v) is 16.3. The number of halogens is 1. The number of benzene rings is 3. The molecule has 0 bridgehead atoms. The summed E-state index contributed by atoms with van der Waals surface area (Å²) >= 11 is 5.91. The van der Waals surface area contributed by atoms with E-state index in [9.17, 15) is 10.1 Å². The highest BCUT2D eigenvalue weighted by atomic mass is 35.5. The summed E-state index contributed by atoms with van der Waals surface area (Å²) < 4.78 is 5.50. The van der Waals surface area contributed by atoms with Crippen LogP contribution in [0.5, 0.6) is 5.75 Å². The van der Waals surface area contributed by atoms with Gasteiger partial charge in [-0.25, -0.2) is 4.79 Å². The van der Waals surface area contributed by atoms with E-state index in [1.807, 2.05) is 32.0 Å². The Kier molecular flexibility index (Phi) is 5.93. The summed E-state index contributed by atoms with van der Waals surface area (Å²) in [6.45, 7) is 3.95. The summed E-state index contributed by atoms with van der Waals surface area (Å²) in [4.78, 5) is 12.4. The highest BCUT2D eigenvalue weighted by Gasteiger charge is 2.10. The second kappa shape index (κ2) is 8.56. The van der Waals surface area contributed by atoms with Crippen LogP contribution in [-0.4, -0.2) is 5.97 Å². The largest absolute Gasteiger partial charge is 0.423 e. The van der Waals surface area contributed by atoms with Gasteiger partial charge in [0.2, 0.25) is 0 Å². The Hall–Kier alpha value is -3.35. The summed E-state index contributed by atoms with van der Waals surface area (Å²) in [6, 6.07) is 21.8. The molecular formula is C24H18ClNO2. The van der Waals surface area contributed by atoms with Crippen molar-refractivity contribution < 1.29 is 9.53 Å². The van der Waals surface area contributed by atoms with Crippen molar-refractivity contribution >= 4 is 29.2 Å². The van der Waals surface area contributed by atoms with Crippen LogP contribution < -0.4 is 4.74 Å². The molecule has 0 aliphatic rings. The summed E-state index contributed by atoms with van der Waals surface area (Å²) in [5, 5.41) is 10.1. The summed E-state index contributed by atoms with van der Waals surface area (Å²) in [7, 11) is 0. The molecule has 0 aliphatic carbocycles. The second-order valence-corrected chi connectivity index (χ2v) is 6.87. The van der Waals surface area contributed by atoms with E-state index in [1.165, 1.54) is 0 Å². The predicted octanol–water partition coefficient (Wildman–Crippen LogP) is 6.24. The van der Waals surface area contributed by atoms with Crippen LogP contribution >= 0.6 is 11.6 Å². The third-order valence-corrected chi connectivity index (χ3v) is 4.65. The van der Waals surface area contributed by atoms with E-state index >= 15 is 0 Å². The van der Waals surface area contributed by atoms with Crippen molar-refractivity contribution in [1.29, 1.82) is 5.26 Å². The van der Waals surface area contributed by atoms with E-state index in [-0.39, 0.29) is 0 Å². The summed E-state index contributed by atoms with van der Waals surface area (Å²) in [5.41, 5.74) is 4.68. The zero-order chi connectivity index (χ0) is 20.1. The molecule has 3 rings (SSSR count). The van der Waals surface area contributed by atoms with Crippen molar-refractivity contribution in [3.05, 3.63) is 99.6 Å². The summed E-state index contributed by atoms with van der Waals surface area (Å²) in [5.74, 6) is 0.00723. The van der Waals surface area contributed by atoms with Crippen molar-refractivity contribution in [1.82, 2.24) is 0 Å². The van der Waals surface area contributed by atoms with Crippen LogP contribution in [0.25, 0.3) is 11.6 Å². The van der Waals surface area contributed by atoms with Gasteiger partial charge in [0.05, 0.1) is 17.2 Å². The minimum absolute atomic E-state index is 0.414. The molecule has 0 spiro atoms. The monoisotopic (exact) mass is 387 g/mol. The van der Waals surface area contributed by atoms with Crippen molar-refractivity contribution in [2.45, 2.75) is 13.8 Å². The van der Waals surface area contributed by atoms with Gasteiger partial charge >= 0.3 is 5.97 Å². The Labute approximate surface area is 169 Å². The maximum atomic E-state index is 12.4. The number of carbonyl (C=O) groups excluding carboxylic acids is 1. The van der Waals surface area contributed by atoms with Crippen LogP contribution in [0.4, 0.5) is 0 Å². The molecule has 138 valence electrons. The molecule has 0 heterocycles. The molecule has 3 nitrogen and oxygen atoms in total. The van der Waals surface area contributed by atoms with E-state index in [0.29, 0.717) is 21.9 Å². The third kappa shape index (κ3) is 4.68. The smallest absolute Gasteiger partial charge is 0.343 e. The average Bonchev–Trinajstić information content (AvgIpc) is 2.69. The molecule has 3 aromatic rings. The summed E-state index contributed by atoms with van der Waals surface area (Å²) in [6.07, 6.45) is 1.75. The lowest BCUT2D eigenvalue weighted by atomic mass is 10.0. The Bertz CT molecular complexity index is 1090. The van der Waals surface area contributed by atoms with Crippen molar-refractivity contribution in [3.8, 4) is 11.8 Å². The fourth-order valence-electron chi connectivity index (χ4n) is 2.68. The molecule has 0 saturated carbocycles. The Morgan fingerprint density at radius 2 is 1.68 bits per heavy atom. The van der Waals surface area contributed by atoms with E-state index in [2.05, 4.69) is 6.07 Å². The van der Waals surface area contributed by atoms with Crippen LogP contribution in [0, 0.1) is 25.2 Å². The molecule has 3 aromatic carbocycles. The Balaban J connectivity index is 1.83. The molecule has 0 aliphatic heterocycles. The van der Waals surface area contributed by atoms with E-state index in [0.717, 1.165) is 22.3 Å². The van der Waals surface area contributed by atoms with Gasteiger partial charge in [0, 0.05) is 5.02 Å². The van der Waals surface area contributed by atoms with Crippen LogP contribution in [0.15, 0.2) is 66.7 Å². The van der Waals surface area contributed by atoms with Gasteiger partial charge in [-0.1, -0.05) is 41.9 Å². The van der Waals surface area contributed by atoms with E-state index < -0.39 is 5.97 Å². The van der Waals surface area contributed by atoms with Crippen LogP contribution in [0.1, 0.15) is 32.6 Å². The van der Waals surface area contributed by atoms with E-state index in [1.54, 1.807) is 54.6 Å². The molecule has 0 amide bonds. The number of aryl methyl sites for hydroxylation is 2. The maximum absolute atomic E-state index is 12.4. The molecule has 0 atom stereocenters. The number of esters is 1. The van der Waals surface area contributed by atoms with Crippen LogP contribution in [0.2, 0.25) is 5.02 Å². The van der Waals surface area contributed by atoms with Gasteiger partial charge in [-0.05, 0) is 78.6 Å². The Morgan fingerprint density at radius 3 is 2.36 bits per heavy atom. The minimum atomic E-state index is -0.414. The molecule has 0 fully saturated rings. The number of allylic oxidation sites excluding steroid dienone is 1. The number of rotatable bonds is 4. The number of carbonyl (C=O) groups is 1. The lowest BCUT2D eigenvalue weighted by molar-refractivity contribution is 0.0734. The number of nitrogens with zero attached hydrogens (tertiary/aromatic N) is 1. The fourth-order valence-corrected chi connectivity index (χ4v) is 2.80. The first-order valence-corrected chi connectivity index (χ1v) is 9.11. The topological polar surface area (TPSA) is 50.1 Å². The second-order valence-electron chi connectivity index (χ2n) is 6.44. The van der Waals surface area contributed by atoms with Gasteiger partial charge in [0.1, 0.15) is 5.75 Å². The van der Waals surface area contributed by atoms with Gasteiger partial charge in [-0.15, -0.1) is 0 Å². The molecule has 0 aromatic heterocycles. The quantitative estimate of drug-likeness (QED) is 0.230. The van der Waals surface area contributed by atoms with Crippen LogP contribution in [-0.2, 0) is 0 Å². The minimum Gasteiger partial charge on any atom is -0.423 e. The average molecular weight is 388 g/mol. The fraction of sp³-hybridized carbons (Fsp3) is 0.0833. The predicted molar refractivity (Wildman–Crippen MR) is 112 cm³/mol. The van der Waals surface area contributed by atoms with Crippen LogP contribution in [0.3, 0.4) is 0 Å². The molecule has 4 heteroatoms. The zero-order valence-electron chi connectivity index (χ0n) is 15.6. The van der Waals surface area contributed by atoms with Crippen molar-refractivity contribution in [2.24, 2.45) is 0 Å². The third-order valence-electron chi connectivity index (χ3n) is 4.40. The lowest BCUT2D eigenvalue weighted by Gasteiger charge is -2.07. The van der Waals surface area contributed by atoms with Gasteiger partial charge in [0.25, 0.3) is 0 Å². The molecular weight excluding hydrogens is 370 g/mol. The van der Waals surface area contributed by atoms with Crippen molar-refractivity contribution in [3.63, 3.8) is 0 Å². The highest BCUT2D eigenvalue weighted by molar-refractivity contribution is 6.30. The SMILES string of the molecule is Cc1ccc(C(=O)Oc2cccc(/C=C(/C#N)c3ccc(Cl)cc3)c2)cc1C.